The summed E-state index contributed by atoms with van der Waals surface area (Å²) in [5.41, 5.74) is 6.41. The third-order valence-corrected chi connectivity index (χ3v) is 5.12. The SMILES string of the molecule is Cc1ccc(CNC(=O)c2cc(/C=C/C(=O)O)cc(-c3ccc(C(C)C)cc3)c2)cc1. The number of nitrogens with one attached hydrogen (secondary N) is 1. The Balaban J connectivity index is 1.89. The van der Waals surface area contributed by atoms with Crippen LogP contribution in [0, 0.1) is 6.92 Å². The van der Waals surface area contributed by atoms with Gasteiger partial charge in [0.2, 0.25) is 0 Å². The number of carboxylic acid groups (broad SMARTS) is 1. The van der Waals surface area contributed by atoms with Crippen LogP contribution in [0.2, 0.25) is 0 Å². The van der Waals surface area contributed by atoms with Crippen LogP contribution in [0.1, 0.15) is 52.4 Å². The molecule has 0 aliphatic carbocycles. The van der Waals surface area contributed by atoms with E-state index in [1.165, 1.54) is 17.2 Å². The van der Waals surface area contributed by atoms with Gasteiger partial charge in [0.1, 0.15) is 0 Å². The molecule has 0 atom stereocenters. The van der Waals surface area contributed by atoms with Gasteiger partial charge in [-0.05, 0) is 64.9 Å². The van der Waals surface area contributed by atoms with Gasteiger partial charge in [0.25, 0.3) is 5.91 Å². The highest BCUT2D eigenvalue weighted by atomic mass is 16.4. The van der Waals surface area contributed by atoms with Crippen LogP contribution in [0.5, 0.6) is 0 Å². The molecule has 31 heavy (non-hydrogen) atoms. The highest BCUT2D eigenvalue weighted by Crippen LogP contribution is 2.25. The predicted octanol–water partition coefficient (Wildman–Crippen LogP) is 5.81. The van der Waals surface area contributed by atoms with Crippen molar-refractivity contribution in [1.82, 2.24) is 5.32 Å². The second-order valence-corrected chi connectivity index (χ2v) is 7.96. The Morgan fingerprint density at radius 1 is 0.935 bits per heavy atom. The highest BCUT2D eigenvalue weighted by molar-refractivity contribution is 5.96. The Kier molecular flexibility index (Phi) is 7.03. The van der Waals surface area contributed by atoms with E-state index in [0.29, 0.717) is 23.6 Å². The number of hydrogen-bond donors (Lipinski definition) is 2. The van der Waals surface area contributed by atoms with Gasteiger partial charge in [0.05, 0.1) is 0 Å². The van der Waals surface area contributed by atoms with Crippen molar-refractivity contribution in [2.75, 3.05) is 0 Å². The van der Waals surface area contributed by atoms with E-state index in [-0.39, 0.29) is 5.91 Å². The Morgan fingerprint density at radius 3 is 2.23 bits per heavy atom. The third-order valence-electron chi connectivity index (χ3n) is 5.12. The van der Waals surface area contributed by atoms with Gasteiger partial charge >= 0.3 is 5.97 Å². The smallest absolute Gasteiger partial charge is 0.328 e. The Bertz CT molecular complexity index is 1090. The van der Waals surface area contributed by atoms with E-state index in [1.54, 1.807) is 6.07 Å². The van der Waals surface area contributed by atoms with Gasteiger partial charge < -0.3 is 10.4 Å². The maximum absolute atomic E-state index is 12.9. The monoisotopic (exact) mass is 413 g/mol. The van der Waals surface area contributed by atoms with E-state index in [1.807, 2.05) is 55.5 Å². The van der Waals surface area contributed by atoms with E-state index in [9.17, 15) is 9.59 Å². The topological polar surface area (TPSA) is 66.4 Å². The maximum atomic E-state index is 12.9. The molecule has 2 N–H and O–H groups in total. The molecule has 0 bridgehead atoms. The van der Waals surface area contributed by atoms with Gasteiger partial charge in [-0.15, -0.1) is 0 Å². The number of carbonyl (C=O) groups is 2. The van der Waals surface area contributed by atoms with E-state index < -0.39 is 5.97 Å². The molecule has 0 saturated carbocycles. The summed E-state index contributed by atoms with van der Waals surface area (Å²) in [6.07, 6.45) is 2.58. The first-order valence-electron chi connectivity index (χ1n) is 10.3. The van der Waals surface area contributed by atoms with Crippen LogP contribution in [0.4, 0.5) is 0 Å². The fourth-order valence-electron chi connectivity index (χ4n) is 3.26. The minimum atomic E-state index is -1.03. The number of carboxylic acids is 1. The maximum Gasteiger partial charge on any atom is 0.328 e. The summed E-state index contributed by atoms with van der Waals surface area (Å²) in [4.78, 5) is 23.8. The zero-order valence-electron chi connectivity index (χ0n) is 18.1. The Labute approximate surface area is 183 Å². The molecule has 0 fully saturated rings. The van der Waals surface area contributed by atoms with Crippen molar-refractivity contribution in [3.05, 3.63) is 101 Å². The molecule has 0 spiro atoms. The summed E-state index contributed by atoms with van der Waals surface area (Å²) in [6.45, 7) is 6.73. The van der Waals surface area contributed by atoms with Gasteiger partial charge in [0, 0.05) is 18.2 Å². The fourth-order valence-corrected chi connectivity index (χ4v) is 3.26. The second kappa shape index (κ2) is 9.90. The lowest BCUT2D eigenvalue weighted by atomic mass is 9.96. The summed E-state index contributed by atoms with van der Waals surface area (Å²) >= 11 is 0. The molecular weight excluding hydrogens is 386 g/mol. The lowest BCUT2D eigenvalue weighted by molar-refractivity contribution is -0.131. The number of carbonyl (C=O) groups excluding carboxylic acids is 1. The van der Waals surface area contributed by atoms with E-state index in [0.717, 1.165) is 22.8 Å². The normalized spacial score (nSPS) is 11.1. The van der Waals surface area contributed by atoms with E-state index in [4.69, 9.17) is 5.11 Å². The number of amides is 1. The quantitative estimate of drug-likeness (QED) is 0.480. The first kappa shape index (κ1) is 22.0. The standard InChI is InChI=1S/C27H27NO3/c1-18(2)22-9-11-23(12-10-22)24-14-21(8-13-26(29)30)15-25(16-24)27(31)28-17-20-6-4-19(3)5-7-20/h4-16,18H,17H2,1-3H3,(H,28,31)(H,29,30)/b13-8+. The Hall–Kier alpha value is -3.66. The zero-order chi connectivity index (χ0) is 22.4. The lowest BCUT2D eigenvalue weighted by Crippen LogP contribution is -2.22. The molecule has 0 unspecified atom stereocenters. The number of aryl methyl sites for hydroxylation is 1. The lowest BCUT2D eigenvalue weighted by Gasteiger charge is -2.11. The second-order valence-electron chi connectivity index (χ2n) is 7.96. The third kappa shape index (κ3) is 6.16. The van der Waals surface area contributed by atoms with E-state index >= 15 is 0 Å². The molecule has 0 saturated heterocycles. The van der Waals surface area contributed by atoms with Gasteiger partial charge in [-0.1, -0.05) is 67.9 Å². The van der Waals surface area contributed by atoms with Gasteiger partial charge in [-0.25, -0.2) is 4.79 Å². The van der Waals surface area contributed by atoms with Crippen molar-refractivity contribution in [3.63, 3.8) is 0 Å². The number of hydrogen-bond acceptors (Lipinski definition) is 2. The molecule has 4 nitrogen and oxygen atoms in total. The van der Waals surface area contributed by atoms with Crippen molar-refractivity contribution in [3.8, 4) is 11.1 Å². The molecule has 4 heteroatoms. The molecule has 0 aromatic heterocycles. The molecule has 0 heterocycles. The highest BCUT2D eigenvalue weighted by Gasteiger charge is 2.10. The van der Waals surface area contributed by atoms with Gasteiger partial charge in [-0.3, -0.25) is 4.79 Å². The van der Waals surface area contributed by atoms with Crippen molar-refractivity contribution in [2.24, 2.45) is 0 Å². The van der Waals surface area contributed by atoms with Crippen LogP contribution in [0.15, 0.2) is 72.8 Å². The molecule has 1 amide bonds. The van der Waals surface area contributed by atoms with Crippen molar-refractivity contribution >= 4 is 18.0 Å². The molecule has 158 valence electrons. The number of benzene rings is 3. The van der Waals surface area contributed by atoms with Crippen LogP contribution < -0.4 is 5.32 Å². The van der Waals surface area contributed by atoms with Crippen LogP contribution >= 0.6 is 0 Å². The molecule has 3 rings (SSSR count). The average Bonchev–Trinajstić information content (AvgIpc) is 2.77. The van der Waals surface area contributed by atoms with Crippen LogP contribution in [0.3, 0.4) is 0 Å². The minimum Gasteiger partial charge on any atom is -0.478 e. The van der Waals surface area contributed by atoms with Gasteiger partial charge in [0.15, 0.2) is 0 Å². The zero-order valence-corrected chi connectivity index (χ0v) is 18.1. The summed E-state index contributed by atoms with van der Waals surface area (Å²) in [6, 6.07) is 21.7. The van der Waals surface area contributed by atoms with Crippen molar-refractivity contribution in [1.29, 1.82) is 0 Å². The molecule has 0 aliphatic heterocycles. The number of rotatable bonds is 7. The molecule has 3 aromatic rings. The minimum absolute atomic E-state index is 0.203. The summed E-state index contributed by atoms with van der Waals surface area (Å²) in [5, 5.41) is 11.9. The number of aliphatic carboxylic acids is 1. The van der Waals surface area contributed by atoms with Crippen LogP contribution in [-0.2, 0) is 11.3 Å². The summed E-state index contributed by atoms with van der Waals surface area (Å²) < 4.78 is 0. The largest absolute Gasteiger partial charge is 0.478 e. The van der Waals surface area contributed by atoms with Crippen molar-refractivity contribution < 1.29 is 14.7 Å². The van der Waals surface area contributed by atoms with Crippen LogP contribution in [0.25, 0.3) is 17.2 Å². The van der Waals surface area contributed by atoms with Crippen molar-refractivity contribution in [2.45, 2.75) is 33.2 Å². The summed E-state index contributed by atoms with van der Waals surface area (Å²) in [7, 11) is 0. The molecule has 0 aliphatic rings. The molecular formula is C27H27NO3. The molecule has 0 radical (unpaired) electrons. The van der Waals surface area contributed by atoms with E-state index in [2.05, 4.69) is 31.3 Å². The predicted molar refractivity (Wildman–Crippen MR) is 125 cm³/mol. The first-order valence-corrected chi connectivity index (χ1v) is 10.3. The Morgan fingerprint density at radius 2 is 1.61 bits per heavy atom. The van der Waals surface area contributed by atoms with Crippen LogP contribution in [-0.4, -0.2) is 17.0 Å². The molecule has 3 aromatic carbocycles. The summed E-state index contributed by atoms with van der Waals surface area (Å²) in [5.74, 6) is -0.801. The van der Waals surface area contributed by atoms with Gasteiger partial charge in [-0.2, -0.15) is 0 Å². The first-order chi connectivity index (χ1) is 14.8. The average molecular weight is 414 g/mol. The fraction of sp³-hybridized carbons (Fsp3) is 0.185.